The van der Waals surface area contributed by atoms with Crippen LogP contribution in [0.5, 0.6) is 0 Å². The van der Waals surface area contributed by atoms with Gasteiger partial charge in [0.05, 0.1) is 25.2 Å². The standard InChI is InChI=1S/C11H10ClNO2/c1-7-9(6-13)3-8(4-10(7)12)5-11(14)15-2/h3-4H,5H2,1-2H3. The number of hydrogen-bond donors (Lipinski definition) is 0. The topological polar surface area (TPSA) is 50.1 Å². The minimum absolute atomic E-state index is 0.130. The van der Waals surface area contributed by atoms with Crippen molar-refractivity contribution in [2.45, 2.75) is 13.3 Å². The summed E-state index contributed by atoms with van der Waals surface area (Å²) in [4.78, 5) is 11.0. The highest BCUT2D eigenvalue weighted by atomic mass is 35.5. The molecule has 0 fully saturated rings. The predicted octanol–water partition coefficient (Wildman–Crippen LogP) is 2.24. The lowest BCUT2D eigenvalue weighted by Crippen LogP contribution is -2.05. The predicted molar refractivity (Wildman–Crippen MR) is 56.6 cm³/mol. The smallest absolute Gasteiger partial charge is 0.309 e. The van der Waals surface area contributed by atoms with E-state index in [9.17, 15) is 4.79 Å². The molecule has 0 heterocycles. The number of benzene rings is 1. The zero-order chi connectivity index (χ0) is 11.4. The Bertz CT molecular complexity index is 435. The number of esters is 1. The van der Waals surface area contributed by atoms with E-state index < -0.39 is 0 Å². The maximum absolute atomic E-state index is 11.0. The van der Waals surface area contributed by atoms with Crippen LogP contribution in [0.25, 0.3) is 0 Å². The summed E-state index contributed by atoms with van der Waals surface area (Å²) >= 11 is 5.92. The van der Waals surface area contributed by atoms with Crippen LogP contribution in [0.15, 0.2) is 12.1 Å². The van der Waals surface area contributed by atoms with Crippen LogP contribution in [0.2, 0.25) is 5.02 Å². The summed E-state index contributed by atoms with van der Waals surface area (Å²) in [5, 5.41) is 9.33. The van der Waals surface area contributed by atoms with Crippen molar-refractivity contribution in [3.8, 4) is 6.07 Å². The number of nitriles is 1. The fraction of sp³-hybridized carbons (Fsp3) is 0.273. The maximum Gasteiger partial charge on any atom is 0.309 e. The quantitative estimate of drug-likeness (QED) is 0.723. The molecule has 0 spiro atoms. The Balaban J connectivity index is 3.07. The molecule has 1 aromatic rings. The summed E-state index contributed by atoms with van der Waals surface area (Å²) < 4.78 is 4.53. The van der Waals surface area contributed by atoms with E-state index in [2.05, 4.69) is 4.74 Å². The van der Waals surface area contributed by atoms with Crippen LogP contribution in [0, 0.1) is 18.3 Å². The van der Waals surface area contributed by atoms with Crippen LogP contribution in [-0.4, -0.2) is 13.1 Å². The summed E-state index contributed by atoms with van der Waals surface area (Å²) in [5.74, 6) is -0.348. The van der Waals surface area contributed by atoms with Gasteiger partial charge in [0.15, 0.2) is 0 Å². The highest BCUT2D eigenvalue weighted by Gasteiger charge is 2.08. The molecule has 0 N–H and O–H groups in total. The molecule has 0 aromatic heterocycles. The van der Waals surface area contributed by atoms with Gasteiger partial charge in [-0.3, -0.25) is 4.79 Å². The van der Waals surface area contributed by atoms with Crippen molar-refractivity contribution < 1.29 is 9.53 Å². The van der Waals surface area contributed by atoms with Crippen LogP contribution in [0.1, 0.15) is 16.7 Å². The van der Waals surface area contributed by atoms with Crippen molar-refractivity contribution in [2.24, 2.45) is 0 Å². The molecular weight excluding hydrogens is 214 g/mol. The van der Waals surface area contributed by atoms with E-state index in [1.807, 2.05) is 6.07 Å². The molecule has 3 nitrogen and oxygen atoms in total. The van der Waals surface area contributed by atoms with Gasteiger partial charge in [-0.1, -0.05) is 11.6 Å². The zero-order valence-corrected chi connectivity index (χ0v) is 9.26. The molecule has 0 saturated heterocycles. The van der Waals surface area contributed by atoms with E-state index in [4.69, 9.17) is 16.9 Å². The molecule has 0 aliphatic carbocycles. The Hall–Kier alpha value is -1.53. The van der Waals surface area contributed by atoms with Gasteiger partial charge in [0, 0.05) is 5.02 Å². The lowest BCUT2D eigenvalue weighted by molar-refractivity contribution is -0.139. The SMILES string of the molecule is COC(=O)Cc1cc(Cl)c(C)c(C#N)c1. The number of hydrogen-bond acceptors (Lipinski definition) is 3. The molecular formula is C11H10ClNO2. The molecule has 0 radical (unpaired) electrons. The third kappa shape index (κ3) is 2.71. The van der Waals surface area contributed by atoms with Crippen molar-refractivity contribution in [3.05, 3.63) is 33.8 Å². The van der Waals surface area contributed by atoms with Gasteiger partial charge < -0.3 is 4.74 Å². The first-order valence-corrected chi connectivity index (χ1v) is 4.72. The Labute approximate surface area is 93.2 Å². The summed E-state index contributed by atoms with van der Waals surface area (Å²) in [6.45, 7) is 1.77. The molecule has 0 bridgehead atoms. The minimum atomic E-state index is -0.348. The summed E-state index contributed by atoms with van der Waals surface area (Å²) in [6, 6.07) is 5.36. The van der Waals surface area contributed by atoms with Crippen LogP contribution in [0.3, 0.4) is 0 Å². The number of methoxy groups -OCH3 is 1. The van der Waals surface area contributed by atoms with E-state index in [0.29, 0.717) is 16.1 Å². The van der Waals surface area contributed by atoms with Gasteiger partial charge in [-0.05, 0) is 30.2 Å². The monoisotopic (exact) mass is 223 g/mol. The Morgan fingerprint density at radius 1 is 1.60 bits per heavy atom. The number of rotatable bonds is 2. The van der Waals surface area contributed by atoms with E-state index in [1.54, 1.807) is 19.1 Å². The van der Waals surface area contributed by atoms with Gasteiger partial charge in [-0.2, -0.15) is 5.26 Å². The summed E-state index contributed by atoms with van der Waals surface area (Å²) in [7, 11) is 1.32. The van der Waals surface area contributed by atoms with Crippen LogP contribution in [0.4, 0.5) is 0 Å². The second-order valence-electron chi connectivity index (χ2n) is 3.11. The Morgan fingerprint density at radius 2 is 2.27 bits per heavy atom. The zero-order valence-electron chi connectivity index (χ0n) is 8.50. The number of nitrogens with zero attached hydrogens (tertiary/aromatic N) is 1. The number of carbonyl (C=O) groups excluding carboxylic acids is 1. The van der Waals surface area contributed by atoms with E-state index in [-0.39, 0.29) is 12.4 Å². The van der Waals surface area contributed by atoms with Crippen molar-refractivity contribution in [1.29, 1.82) is 5.26 Å². The normalized spacial score (nSPS) is 9.47. The van der Waals surface area contributed by atoms with E-state index in [0.717, 1.165) is 5.56 Å². The molecule has 15 heavy (non-hydrogen) atoms. The summed E-state index contributed by atoms with van der Waals surface area (Å²) in [6.07, 6.45) is 0.130. The number of carbonyl (C=O) groups is 1. The average molecular weight is 224 g/mol. The number of halogens is 1. The van der Waals surface area contributed by atoms with Crippen molar-refractivity contribution >= 4 is 17.6 Å². The van der Waals surface area contributed by atoms with Crippen LogP contribution in [-0.2, 0) is 16.0 Å². The molecule has 4 heteroatoms. The largest absolute Gasteiger partial charge is 0.469 e. The van der Waals surface area contributed by atoms with Gasteiger partial charge in [-0.15, -0.1) is 0 Å². The summed E-state index contributed by atoms with van der Waals surface area (Å²) in [5.41, 5.74) is 1.91. The second-order valence-corrected chi connectivity index (χ2v) is 3.52. The van der Waals surface area contributed by atoms with Gasteiger partial charge in [-0.25, -0.2) is 0 Å². The van der Waals surface area contributed by atoms with Crippen molar-refractivity contribution in [3.63, 3.8) is 0 Å². The average Bonchev–Trinajstić information content (AvgIpc) is 2.22. The lowest BCUT2D eigenvalue weighted by atomic mass is 10.0. The van der Waals surface area contributed by atoms with E-state index >= 15 is 0 Å². The van der Waals surface area contributed by atoms with Crippen LogP contribution >= 0.6 is 11.6 Å². The molecule has 0 atom stereocenters. The fourth-order valence-corrected chi connectivity index (χ4v) is 1.43. The van der Waals surface area contributed by atoms with Crippen molar-refractivity contribution in [2.75, 3.05) is 7.11 Å². The fourth-order valence-electron chi connectivity index (χ4n) is 1.19. The Kier molecular flexibility index (Phi) is 3.70. The van der Waals surface area contributed by atoms with E-state index in [1.165, 1.54) is 7.11 Å². The molecule has 0 aliphatic rings. The third-order valence-electron chi connectivity index (χ3n) is 2.10. The Morgan fingerprint density at radius 3 is 2.80 bits per heavy atom. The number of ether oxygens (including phenoxy) is 1. The minimum Gasteiger partial charge on any atom is -0.469 e. The first-order valence-electron chi connectivity index (χ1n) is 4.34. The maximum atomic E-state index is 11.0. The molecule has 0 amide bonds. The molecule has 0 aliphatic heterocycles. The highest BCUT2D eigenvalue weighted by molar-refractivity contribution is 6.31. The van der Waals surface area contributed by atoms with Gasteiger partial charge in [0.25, 0.3) is 0 Å². The highest BCUT2D eigenvalue weighted by Crippen LogP contribution is 2.21. The molecule has 1 rings (SSSR count). The van der Waals surface area contributed by atoms with Gasteiger partial charge >= 0.3 is 5.97 Å². The molecule has 1 aromatic carbocycles. The van der Waals surface area contributed by atoms with Gasteiger partial charge in [0.1, 0.15) is 0 Å². The van der Waals surface area contributed by atoms with Crippen LogP contribution < -0.4 is 0 Å². The van der Waals surface area contributed by atoms with Gasteiger partial charge in [0.2, 0.25) is 0 Å². The third-order valence-corrected chi connectivity index (χ3v) is 2.49. The van der Waals surface area contributed by atoms with Crippen molar-refractivity contribution in [1.82, 2.24) is 0 Å². The first kappa shape index (κ1) is 11.5. The molecule has 0 saturated carbocycles. The first-order chi connectivity index (χ1) is 7.08. The molecule has 78 valence electrons. The molecule has 0 unspecified atom stereocenters. The second kappa shape index (κ2) is 4.81. The lowest BCUT2D eigenvalue weighted by Gasteiger charge is -2.05.